The number of aliphatic hydroxyl groups excluding tert-OH is 1. The highest BCUT2D eigenvalue weighted by molar-refractivity contribution is 5.79. The molecule has 1 aromatic carbocycles. The molecule has 1 aliphatic carbocycles. The van der Waals surface area contributed by atoms with Crippen LogP contribution < -0.4 is 10.1 Å². The van der Waals surface area contributed by atoms with Crippen molar-refractivity contribution in [2.75, 3.05) is 20.3 Å². The van der Waals surface area contributed by atoms with E-state index in [2.05, 4.69) is 19.2 Å². The Morgan fingerprint density at radius 3 is 2.75 bits per heavy atom. The zero-order valence-corrected chi connectivity index (χ0v) is 14.9. The molecular formula is C19H27NO4. The van der Waals surface area contributed by atoms with Gasteiger partial charge in [0.15, 0.2) is 0 Å². The van der Waals surface area contributed by atoms with Crippen molar-refractivity contribution in [1.29, 1.82) is 0 Å². The summed E-state index contributed by atoms with van der Waals surface area (Å²) in [7, 11) is 1.65. The highest BCUT2D eigenvalue weighted by Crippen LogP contribution is 2.51. The summed E-state index contributed by atoms with van der Waals surface area (Å²) >= 11 is 0. The van der Waals surface area contributed by atoms with Crippen LogP contribution in [0, 0.1) is 5.41 Å². The standard InChI is InChI=1S/C19H27NO4/c1-5-23-17-10-19(12-21,18(17,2)3)20-11-15-9-13-8-14(22-4)6-7-16(13)24-15/h6-9,17,20-21H,5,10-12H2,1-4H3. The minimum Gasteiger partial charge on any atom is -0.497 e. The van der Waals surface area contributed by atoms with Gasteiger partial charge in [0.2, 0.25) is 0 Å². The molecule has 3 rings (SSSR count). The van der Waals surface area contributed by atoms with Crippen LogP contribution in [0.1, 0.15) is 33.0 Å². The van der Waals surface area contributed by atoms with E-state index >= 15 is 0 Å². The van der Waals surface area contributed by atoms with Crippen LogP contribution in [0.25, 0.3) is 11.0 Å². The number of furan rings is 1. The average molecular weight is 333 g/mol. The molecule has 1 aliphatic rings. The van der Waals surface area contributed by atoms with Gasteiger partial charge in [-0.25, -0.2) is 0 Å². The smallest absolute Gasteiger partial charge is 0.134 e. The molecule has 1 aromatic heterocycles. The number of fused-ring (bicyclic) bond motifs is 1. The second kappa shape index (κ2) is 6.39. The fourth-order valence-corrected chi connectivity index (χ4v) is 3.65. The van der Waals surface area contributed by atoms with Crippen molar-refractivity contribution in [2.24, 2.45) is 5.41 Å². The number of rotatable bonds is 7. The highest BCUT2D eigenvalue weighted by Gasteiger charge is 2.60. The third-order valence-corrected chi connectivity index (χ3v) is 5.59. The Hall–Kier alpha value is -1.56. The van der Waals surface area contributed by atoms with Gasteiger partial charge in [0.25, 0.3) is 0 Å². The predicted molar refractivity (Wildman–Crippen MR) is 93.2 cm³/mol. The van der Waals surface area contributed by atoms with Crippen LogP contribution in [-0.4, -0.2) is 37.1 Å². The van der Waals surface area contributed by atoms with E-state index in [1.807, 2.05) is 31.2 Å². The lowest BCUT2D eigenvalue weighted by Gasteiger charge is -2.60. The Labute approximate surface area is 142 Å². The van der Waals surface area contributed by atoms with Crippen LogP contribution >= 0.6 is 0 Å². The van der Waals surface area contributed by atoms with E-state index in [-0.39, 0.29) is 23.7 Å². The van der Waals surface area contributed by atoms with Gasteiger partial charge < -0.3 is 24.3 Å². The molecule has 0 spiro atoms. The second-order valence-electron chi connectivity index (χ2n) is 7.08. The summed E-state index contributed by atoms with van der Waals surface area (Å²) in [6.07, 6.45) is 0.973. The van der Waals surface area contributed by atoms with Crippen molar-refractivity contribution >= 4 is 11.0 Å². The van der Waals surface area contributed by atoms with Crippen LogP contribution in [0.3, 0.4) is 0 Å². The molecule has 2 aromatic rings. The maximum absolute atomic E-state index is 9.98. The number of methoxy groups -OCH3 is 1. The van der Waals surface area contributed by atoms with Gasteiger partial charge in [-0.1, -0.05) is 13.8 Å². The van der Waals surface area contributed by atoms with Crippen LogP contribution in [0.5, 0.6) is 5.75 Å². The zero-order valence-electron chi connectivity index (χ0n) is 14.9. The Morgan fingerprint density at radius 1 is 1.33 bits per heavy atom. The maximum Gasteiger partial charge on any atom is 0.134 e. The van der Waals surface area contributed by atoms with Gasteiger partial charge in [0, 0.05) is 17.4 Å². The van der Waals surface area contributed by atoms with Crippen molar-refractivity contribution in [3.8, 4) is 5.75 Å². The van der Waals surface area contributed by atoms with E-state index < -0.39 is 0 Å². The number of nitrogens with one attached hydrogen (secondary N) is 1. The average Bonchev–Trinajstić information content (AvgIpc) is 2.99. The quantitative estimate of drug-likeness (QED) is 0.815. The normalized spacial score (nSPS) is 25.6. The Balaban J connectivity index is 1.72. The first-order valence-corrected chi connectivity index (χ1v) is 8.49. The van der Waals surface area contributed by atoms with Gasteiger partial charge in [0.05, 0.1) is 31.9 Å². The minimum atomic E-state index is -0.344. The van der Waals surface area contributed by atoms with Gasteiger partial charge in [-0.15, -0.1) is 0 Å². The molecule has 132 valence electrons. The Bertz CT molecular complexity index is 708. The molecule has 1 heterocycles. The zero-order chi connectivity index (χ0) is 17.4. The number of hydrogen-bond acceptors (Lipinski definition) is 5. The van der Waals surface area contributed by atoms with E-state index in [1.165, 1.54) is 0 Å². The maximum atomic E-state index is 9.98. The first-order chi connectivity index (χ1) is 11.5. The molecule has 2 atom stereocenters. The number of hydrogen-bond donors (Lipinski definition) is 2. The Kier molecular flexibility index (Phi) is 4.60. The topological polar surface area (TPSA) is 63.9 Å². The number of benzene rings is 1. The van der Waals surface area contributed by atoms with E-state index in [1.54, 1.807) is 7.11 Å². The highest BCUT2D eigenvalue weighted by atomic mass is 16.5. The molecule has 5 nitrogen and oxygen atoms in total. The molecule has 0 radical (unpaired) electrons. The lowest BCUT2D eigenvalue weighted by atomic mass is 9.54. The summed E-state index contributed by atoms with van der Waals surface area (Å²) < 4.78 is 16.9. The van der Waals surface area contributed by atoms with Crippen molar-refractivity contribution in [3.63, 3.8) is 0 Å². The van der Waals surface area contributed by atoms with Gasteiger partial charge in [0.1, 0.15) is 17.1 Å². The largest absolute Gasteiger partial charge is 0.497 e. The molecular weight excluding hydrogens is 306 g/mol. The minimum absolute atomic E-state index is 0.0810. The summed E-state index contributed by atoms with van der Waals surface area (Å²) in [5.74, 6) is 1.66. The van der Waals surface area contributed by atoms with Crippen molar-refractivity contribution < 1.29 is 19.0 Å². The first-order valence-electron chi connectivity index (χ1n) is 8.49. The van der Waals surface area contributed by atoms with Crippen molar-refractivity contribution in [1.82, 2.24) is 5.32 Å². The van der Waals surface area contributed by atoms with Crippen molar-refractivity contribution in [3.05, 3.63) is 30.0 Å². The second-order valence-corrected chi connectivity index (χ2v) is 7.08. The summed E-state index contributed by atoms with van der Waals surface area (Å²) in [5, 5.41) is 14.5. The molecule has 1 saturated carbocycles. The van der Waals surface area contributed by atoms with E-state index in [9.17, 15) is 5.11 Å². The molecule has 5 heteroatoms. The third-order valence-electron chi connectivity index (χ3n) is 5.59. The van der Waals surface area contributed by atoms with Gasteiger partial charge in [-0.05, 0) is 37.6 Å². The first kappa shape index (κ1) is 17.3. The van der Waals surface area contributed by atoms with Crippen LogP contribution in [0.4, 0.5) is 0 Å². The monoisotopic (exact) mass is 333 g/mol. The molecule has 0 bridgehead atoms. The summed E-state index contributed by atoms with van der Waals surface area (Å²) in [6.45, 7) is 7.64. The number of aliphatic hydroxyl groups is 1. The fraction of sp³-hybridized carbons (Fsp3) is 0.579. The molecule has 2 unspecified atom stereocenters. The van der Waals surface area contributed by atoms with Gasteiger partial charge in [-0.2, -0.15) is 0 Å². The SMILES string of the molecule is CCOC1CC(CO)(NCc2cc3cc(OC)ccc3o2)C1(C)C. The summed E-state index contributed by atoms with van der Waals surface area (Å²) in [6, 6.07) is 7.78. The third kappa shape index (κ3) is 2.70. The van der Waals surface area contributed by atoms with E-state index in [4.69, 9.17) is 13.9 Å². The molecule has 2 N–H and O–H groups in total. The predicted octanol–water partition coefficient (Wildman–Crippen LogP) is 3.10. The molecule has 1 fully saturated rings. The van der Waals surface area contributed by atoms with Crippen molar-refractivity contribution in [2.45, 2.75) is 45.4 Å². The summed E-state index contributed by atoms with van der Waals surface area (Å²) in [4.78, 5) is 0. The van der Waals surface area contributed by atoms with Gasteiger partial charge in [-0.3, -0.25) is 0 Å². The molecule has 0 saturated heterocycles. The van der Waals surface area contributed by atoms with Crippen LogP contribution in [0.15, 0.2) is 28.7 Å². The number of ether oxygens (including phenoxy) is 2. The van der Waals surface area contributed by atoms with Gasteiger partial charge >= 0.3 is 0 Å². The van der Waals surface area contributed by atoms with E-state index in [0.29, 0.717) is 13.2 Å². The molecule has 0 aliphatic heterocycles. The molecule has 24 heavy (non-hydrogen) atoms. The van der Waals surface area contributed by atoms with Crippen LogP contribution in [-0.2, 0) is 11.3 Å². The Morgan fingerprint density at radius 2 is 2.12 bits per heavy atom. The lowest BCUT2D eigenvalue weighted by Crippen LogP contribution is -2.73. The van der Waals surface area contributed by atoms with Crippen LogP contribution in [0.2, 0.25) is 0 Å². The fourth-order valence-electron chi connectivity index (χ4n) is 3.65. The molecule has 0 amide bonds. The summed E-state index contributed by atoms with van der Waals surface area (Å²) in [5.41, 5.74) is 0.363. The lowest BCUT2D eigenvalue weighted by molar-refractivity contribution is -0.178. The van der Waals surface area contributed by atoms with E-state index in [0.717, 1.165) is 28.9 Å².